The van der Waals surface area contributed by atoms with Gasteiger partial charge in [0, 0.05) is 5.41 Å². The van der Waals surface area contributed by atoms with Crippen molar-refractivity contribution in [1.82, 2.24) is 0 Å². The number of benzene rings is 2. The fourth-order valence-electron chi connectivity index (χ4n) is 5.36. The Morgan fingerprint density at radius 1 is 0.525 bits per heavy atom. The molecule has 6 nitrogen and oxygen atoms in total. The van der Waals surface area contributed by atoms with Gasteiger partial charge in [0.25, 0.3) is 0 Å². The molecule has 0 aliphatic heterocycles. The molecule has 0 amide bonds. The molecule has 0 spiro atoms. The van der Waals surface area contributed by atoms with Crippen molar-refractivity contribution in [3.8, 4) is 34.5 Å². The Balaban J connectivity index is 2.15. The van der Waals surface area contributed by atoms with Crippen LogP contribution in [-0.2, 0) is 5.41 Å². The molecule has 2 N–H and O–H groups in total. The van der Waals surface area contributed by atoms with E-state index in [1.807, 2.05) is 24.3 Å². The third kappa shape index (κ3) is 8.14. The monoisotopic (exact) mass is 556 g/mol. The molecule has 0 aromatic heterocycles. The molecular formula is C34H52O6. The van der Waals surface area contributed by atoms with Gasteiger partial charge in [0.2, 0.25) is 11.5 Å². The van der Waals surface area contributed by atoms with Crippen LogP contribution >= 0.6 is 0 Å². The normalized spacial score (nSPS) is 14.6. The van der Waals surface area contributed by atoms with Crippen LogP contribution in [0.3, 0.4) is 0 Å². The lowest BCUT2D eigenvalue weighted by Crippen LogP contribution is -2.31. The molecule has 0 bridgehead atoms. The number of rotatable bonds is 18. The number of unbranched alkanes of at least 4 members (excludes halogenated alkanes) is 4. The molecule has 224 valence electrons. The third-order valence-electron chi connectivity index (χ3n) is 7.91. The van der Waals surface area contributed by atoms with Crippen molar-refractivity contribution >= 4 is 0 Å². The van der Waals surface area contributed by atoms with Crippen LogP contribution in [0.25, 0.3) is 0 Å². The minimum Gasteiger partial charge on any atom is -0.502 e. The van der Waals surface area contributed by atoms with Gasteiger partial charge in [0.1, 0.15) is 0 Å². The summed E-state index contributed by atoms with van der Waals surface area (Å²) in [5.74, 6) is 2.03. The van der Waals surface area contributed by atoms with Gasteiger partial charge >= 0.3 is 0 Å². The van der Waals surface area contributed by atoms with Crippen LogP contribution in [0.2, 0.25) is 0 Å². The second-order valence-electron chi connectivity index (χ2n) is 11.1. The first-order valence-corrected chi connectivity index (χ1v) is 15.8. The highest BCUT2D eigenvalue weighted by Crippen LogP contribution is 2.52. The zero-order valence-electron chi connectivity index (χ0n) is 25.4. The van der Waals surface area contributed by atoms with E-state index >= 15 is 0 Å². The molecule has 0 atom stereocenters. The zero-order valence-corrected chi connectivity index (χ0v) is 25.4. The van der Waals surface area contributed by atoms with Crippen LogP contribution in [0.15, 0.2) is 24.3 Å². The quantitative estimate of drug-likeness (QED) is 0.178. The summed E-state index contributed by atoms with van der Waals surface area (Å²) in [6, 6.07) is 8.02. The molecular weight excluding hydrogens is 504 g/mol. The van der Waals surface area contributed by atoms with Crippen molar-refractivity contribution in [2.45, 2.75) is 117 Å². The maximum Gasteiger partial charge on any atom is 0.200 e. The van der Waals surface area contributed by atoms with E-state index in [2.05, 4.69) is 27.7 Å². The number of phenolic OH excluding ortho intramolecular Hbond substituents is 2. The van der Waals surface area contributed by atoms with Crippen LogP contribution in [0.1, 0.15) is 122 Å². The van der Waals surface area contributed by atoms with Gasteiger partial charge in [-0.25, -0.2) is 0 Å². The smallest absolute Gasteiger partial charge is 0.200 e. The van der Waals surface area contributed by atoms with E-state index in [-0.39, 0.29) is 16.9 Å². The highest BCUT2D eigenvalue weighted by atomic mass is 16.5. The lowest BCUT2D eigenvalue weighted by Gasteiger charge is -2.39. The molecule has 2 aromatic rings. The Bertz CT molecular complexity index is 890. The molecule has 3 rings (SSSR count). The zero-order chi connectivity index (χ0) is 28.8. The second kappa shape index (κ2) is 16.5. The topological polar surface area (TPSA) is 77.4 Å². The molecule has 2 aromatic carbocycles. The van der Waals surface area contributed by atoms with Crippen molar-refractivity contribution in [1.29, 1.82) is 0 Å². The first kappa shape index (κ1) is 31.8. The van der Waals surface area contributed by atoms with Crippen molar-refractivity contribution in [3.63, 3.8) is 0 Å². The van der Waals surface area contributed by atoms with Gasteiger partial charge in [-0.3, -0.25) is 0 Å². The average molecular weight is 557 g/mol. The highest BCUT2D eigenvalue weighted by Gasteiger charge is 2.38. The average Bonchev–Trinajstić information content (AvgIpc) is 2.97. The Morgan fingerprint density at radius 3 is 1.10 bits per heavy atom. The lowest BCUT2D eigenvalue weighted by atomic mass is 9.65. The largest absolute Gasteiger partial charge is 0.502 e. The predicted octanol–water partition coefficient (Wildman–Crippen LogP) is 9.06. The Labute approximate surface area is 242 Å². The number of hydrogen-bond acceptors (Lipinski definition) is 6. The van der Waals surface area contributed by atoms with Gasteiger partial charge in [-0.2, -0.15) is 0 Å². The van der Waals surface area contributed by atoms with E-state index in [9.17, 15) is 10.2 Å². The highest BCUT2D eigenvalue weighted by molar-refractivity contribution is 5.60. The molecule has 1 fully saturated rings. The molecule has 1 aliphatic rings. The Hall–Kier alpha value is -2.76. The maximum atomic E-state index is 11.1. The summed E-state index contributed by atoms with van der Waals surface area (Å²) < 4.78 is 24.5. The van der Waals surface area contributed by atoms with Crippen molar-refractivity contribution < 1.29 is 29.2 Å². The van der Waals surface area contributed by atoms with Gasteiger partial charge in [0.05, 0.1) is 26.4 Å². The van der Waals surface area contributed by atoms with Crippen LogP contribution < -0.4 is 18.9 Å². The second-order valence-corrected chi connectivity index (χ2v) is 11.1. The summed E-state index contributed by atoms with van der Waals surface area (Å²) in [7, 11) is 0. The standard InChI is InChI=1S/C34H52O6/c1-5-9-18-37-28-22-26(23-29(32(28)35)38-19-10-6-2)34(16-14-13-15-17-34)27-24-30(39-20-11-7-3)33(36)31(25-27)40-21-12-8-4/h22-25,35-36H,5-21H2,1-4H3. The van der Waals surface area contributed by atoms with Crippen LogP contribution in [0.5, 0.6) is 34.5 Å². The maximum absolute atomic E-state index is 11.1. The molecule has 6 heteroatoms. The first-order valence-electron chi connectivity index (χ1n) is 15.8. The van der Waals surface area contributed by atoms with Gasteiger partial charge in [0.15, 0.2) is 23.0 Å². The fourth-order valence-corrected chi connectivity index (χ4v) is 5.36. The summed E-state index contributed by atoms with van der Waals surface area (Å²) in [5, 5.41) is 22.2. The molecule has 1 aliphatic carbocycles. The van der Waals surface area contributed by atoms with Crippen LogP contribution in [0.4, 0.5) is 0 Å². The third-order valence-corrected chi connectivity index (χ3v) is 7.91. The van der Waals surface area contributed by atoms with E-state index in [1.54, 1.807) is 0 Å². The minimum atomic E-state index is -0.350. The molecule has 0 saturated heterocycles. The molecule has 0 heterocycles. The molecule has 0 unspecified atom stereocenters. The van der Waals surface area contributed by atoms with Gasteiger partial charge in [-0.05, 0) is 73.9 Å². The van der Waals surface area contributed by atoms with Crippen molar-refractivity contribution in [2.75, 3.05) is 26.4 Å². The minimum absolute atomic E-state index is 0.0693. The van der Waals surface area contributed by atoms with Gasteiger partial charge in [-0.15, -0.1) is 0 Å². The number of aromatic hydroxyl groups is 2. The Morgan fingerprint density at radius 2 is 0.825 bits per heavy atom. The summed E-state index contributed by atoms with van der Waals surface area (Å²) >= 11 is 0. The van der Waals surface area contributed by atoms with E-state index in [0.29, 0.717) is 49.4 Å². The number of hydrogen-bond donors (Lipinski definition) is 2. The van der Waals surface area contributed by atoms with Gasteiger partial charge in [-0.1, -0.05) is 72.6 Å². The number of ether oxygens (including phenoxy) is 4. The molecule has 0 radical (unpaired) electrons. The van der Waals surface area contributed by atoms with Crippen molar-refractivity contribution in [2.24, 2.45) is 0 Å². The summed E-state index contributed by atoms with van der Waals surface area (Å²) in [6.45, 7) is 10.7. The molecule has 1 saturated carbocycles. The van der Waals surface area contributed by atoms with Gasteiger partial charge < -0.3 is 29.2 Å². The lowest BCUT2D eigenvalue weighted by molar-refractivity contribution is 0.261. The Kier molecular flexibility index (Phi) is 13.1. The van der Waals surface area contributed by atoms with Crippen molar-refractivity contribution in [3.05, 3.63) is 35.4 Å². The predicted molar refractivity (Wildman–Crippen MR) is 162 cm³/mol. The van der Waals surface area contributed by atoms with Crippen LogP contribution in [-0.4, -0.2) is 36.6 Å². The first-order chi connectivity index (χ1) is 19.5. The van der Waals surface area contributed by atoms with E-state index in [1.165, 1.54) is 6.42 Å². The van der Waals surface area contributed by atoms with E-state index in [0.717, 1.165) is 88.2 Å². The summed E-state index contributed by atoms with van der Waals surface area (Å²) in [6.07, 6.45) is 12.9. The summed E-state index contributed by atoms with van der Waals surface area (Å²) in [4.78, 5) is 0. The molecule has 40 heavy (non-hydrogen) atoms. The van der Waals surface area contributed by atoms with Crippen LogP contribution in [0, 0.1) is 0 Å². The summed E-state index contributed by atoms with van der Waals surface area (Å²) in [5.41, 5.74) is 1.78. The number of phenols is 2. The SMILES string of the molecule is CCCCOc1cc(C2(c3cc(OCCCC)c(O)c(OCCCC)c3)CCCCC2)cc(OCCCC)c1O. The van der Waals surface area contributed by atoms with E-state index < -0.39 is 0 Å². The fraction of sp³-hybridized carbons (Fsp3) is 0.647. The van der Waals surface area contributed by atoms with E-state index in [4.69, 9.17) is 18.9 Å².